The maximum atomic E-state index is 12.5. The van der Waals surface area contributed by atoms with Gasteiger partial charge in [-0.2, -0.15) is 0 Å². The van der Waals surface area contributed by atoms with Crippen LogP contribution >= 0.6 is 0 Å². The summed E-state index contributed by atoms with van der Waals surface area (Å²) in [7, 11) is 0. The largest absolute Gasteiger partial charge is 0.384 e. The van der Waals surface area contributed by atoms with Crippen LogP contribution in [0.5, 0.6) is 0 Å². The quantitative estimate of drug-likeness (QED) is 0.832. The fourth-order valence-corrected chi connectivity index (χ4v) is 2.10. The zero-order valence-corrected chi connectivity index (χ0v) is 11.8. The molecule has 1 fully saturated rings. The van der Waals surface area contributed by atoms with Crippen LogP contribution in [-0.4, -0.2) is 40.1 Å². The Morgan fingerprint density at radius 3 is 2.95 bits per heavy atom. The number of rotatable bonds is 5. The Morgan fingerprint density at radius 2 is 2.30 bits per heavy atom. The predicted octanol–water partition coefficient (Wildman–Crippen LogP) is 1.83. The highest BCUT2D eigenvalue weighted by atomic mass is 16.2. The van der Waals surface area contributed by atoms with Gasteiger partial charge in [-0.05, 0) is 25.3 Å². The molecule has 0 radical (unpaired) electrons. The van der Waals surface area contributed by atoms with Crippen molar-refractivity contribution in [3.8, 4) is 11.8 Å². The van der Waals surface area contributed by atoms with Gasteiger partial charge in [0.15, 0.2) is 0 Å². The van der Waals surface area contributed by atoms with Crippen LogP contribution in [0.25, 0.3) is 0 Å². The number of hydrogen-bond acceptors (Lipinski definition) is 3. The van der Waals surface area contributed by atoms with Crippen LogP contribution in [0.4, 0.5) is 0 Å². The van der Waals surface area contributed by atoms with Gasteiger partial charge in [0.05, 0.1) is 5.56 Å². The molecule has 4 heteroatoms. The molecule has 0 unspecified atom stereocenters. The van der Waals surface area contributed by atoms with Crippen molar-refractivity contribution in [2.45, 2.75) is 38.6 Å². The first-order valence-corrected chi connectivity index (χ1v) is 7.12. The summed E-state index contributed by atoms with van der Waals surface area (Å²) in [6.45, 7) is 2.75. The number of nitrogens with zero attached hydrogens (tertiary/aromatic N) is 2. The van der Waals surface area contributed by atoms with Crippen LogP contribution in [0.2, 0.25) is 0 Å². The van der Waals surface area contributed by atoms with Gasteiger partial charge in [0.2, 0.25) is 0 Å². The van der Waals surface area contributed by atoms with Crippen molar-refractivity contribution in [3.05, 3.63) is 29.6 Å². The second-order valence-corrected chi connectivity index (χ2v) is 5.01. The van der Waals surface area contributed by atoms with Gasteiger partial charge in [-0.1, -0.05) is 25.2 Å². The van der Waals surface area contributed by atoms with E-state index in [1.807, 2.05) is 4.90 Å². The zero-order chi connectivity index (χ0) is 14.4. The van der Waals surface area contributed by atoms with Gasteiger partial charge in [-0.15, -0.1) is 0 Å². The van der Waals surface area contributed by atoms with Gasteiger partial charge in [0.25, 0.3) is 5.91 Å². The van der Waals surface area contributed by atoms with E-state index < -0.39 is 0 Å². The maximum absolute atomic E-state index is 12.5. The van der Waals surface area contributed by atoms with Crippen molar-refractivity contribution >= 4 is 5.91 Å². The third-order valence-corrected chi connectivity index (χ3v) is 3.30. The smallest absolute Gasteiger partial charge is 0.255 e. The van der Waals surface area contributed by atoms with Crippen LogP contribution in [0.15, 0.2) is 18.5 Å². The number of unbranched alkanes of at least 4 members (excludes halogenated alkanes) is 1. The van der Waals surface area contributed by atoms with Crippen molar-refractivity contribution in [1.82, 2.24) is 9.88 Å². The van der Waals surface area contributed by atoms with Gasteiger partial charge in [0, 0.05) is 30.5 Å². The summed E-state index contributed by atoms with van der Waals surface area (Å²) < 4.78 is 0. The number of aliphatic hydroxyl groups excluding tert-OH is 1. The molecule has 0 spiro atoms. The van der Waals surface area contributed by atoms with Crippen molar-refractivity contribution < 1.29 is 9.90 Å². The molecular weight excluding hydrogens is 252 g/mol. The summed E-state index contributed by atoms with van der Waals surface area (Å²) in [5.41, 5.74) is 1.24. The second-order valence-electron chi connectivity index (χ2n) is 5.01. The molecule has 1 amide bonds. The molecule has 1 aliphatic carbocycles. The van der Waals surface area contributed by atoms with E-state index in [2.05, 4.69) is 23.7 Å². The second kappa shape index (κ2) is 7.06. The van der Waals surface area contributed by atoms with Crippen LogP contribution in [0, 0.1) is 11.8 Å². The Kier molecular flexibility index (Phi) is 5.14. The average Bonchev–Trinajstić information content (AvgIpc) is 3.30. The number of amides is 1. The highest BCUT2D eigenvalue weighted by molar-refractivity contribution is 5.94. The van der Waals surface area contributed by atoms with Gasteiger partial charge in [0.1, 0.15) is 6.61 Å². The van der Waals surface area contributed by atoms with Crippen LogP contribution in [0.3, 0.4) is 0 Å². The molecule has 1 aromatic heterocycles. The minimum atomic E-state index is -0.192. The van der Waals surface area contributed by atoms with E-state index in [1.165, 1.54) is 0 Å². The fraction of sp³-hybridized carbons (Fsp3) is 0.500. The number of hydrogen-bond donors (Lipinski definition) is 1. The molecular formula is C16H20N2O2. The molecule has 0 aromatic carbocycles. The molecule has 1 heterocycles. The van der Waals surface area contributed by atoms with E-state index in [0.29, 0.717) is 17.2 Å². The lowest BCUT2D eigenvalue weighted by molar-refractivity contribution is 0.0740. The molecule has 106 valence electrons. The molecule has 2 rings (SSSR count). The summed E-state index contributed by atoms with van der Waals surface area (Å²) in [6, 6.07) is 2.15. The average molecular weight is 272 g/mol. The van der Waals surface area contributed by atoms with Crippen molar-refractivity contribution in [1.29, 1.82) is 0 Å². The third kappa shape index (κ3) is 3.82. The van der Waals surface area contributed by atoms with Crippen molar-refractivity contribution in [3.63, 3.8) is 0 Å². The monoisotopic (exact) mass is 272 g/mol. The summed E-state index contributed by atoms with van der Waals surface area (Å²) in [6.07, 6.45) is 7.51. The topological polar surface area (TPSA) is 53.4 Å². The van der Waals surface area contributed by atoms with E-state index in [9.17, 15) is 4.79 Å². The molecule has 0 bridgehead atoms. The lowest BCUT2D eigenvalue weighted by Gasteiger charge is -2.22. The van der Waals surface area contributed by atoms with E-state index in [0.717, 1.165) is 32.2 Å². The Labute approximate surface area is 119 Å². The van der Waals surface area contributed by atoms with E-state index in [4.69, 9.17) is 5.11 Å². The van der Waals surface area contributed by atoms with Gasteiger partial charge >= 0.3 is 0 Å². The van der Waals surface area contributed by atoms with Gasteiger partial charge in [-0.3, -0.25) is 9.78 Å². The Balaban J connectivity index is 2.13. The minimum Gasteiger partial charge on any atom is -0.384 e. The lowest BCUT2D eigenvalue weighted by atomic mass is 10.1. The van der Waals surface area contributed by atoms with E-state index >= 15 is 0 Å². The fourth-order valence-electron chi connectivity index (χ4n) is 2.10. The molecule has 0 saturated heterocycles. The molecule has 0 aliphatic heterocycles. The van der Waals surface area contributed by atoms with Crippen LogP contribution < -0.4 is 0 Å². The summed E-state index contributed by atoms with van der Waals surface area (Å²) in [4.78, 5) is 18.6. The Morgan fingerprint density at radius 1 is 1.50 bits per heavy atom. The van der Waals surface area contributed by atoms with Crippen LogP contribution in [0.1, 0.15) is 48.5 Å². The maximum Gasteiger partial charge on any atom is 0.255 e. The molecule has 20 heavy (non-hydrogen) atoms. The van der Waals surface area contributed by atoms with Crippen molar-refractivity contribution in [2.75, 3.05) is 13.2 Å². The molecule has 0 atom stereocenters. The highest BCUT2D eigenvalue weighted by Crippen LogP contribution is 2.28. The standard InChI is InChI=1S/C16H20N2O2/c1-2-3-8-18(15-6-7-15)16(20)14-10-13(5-4-9-19)11-17-12-14/h10-12,15,19H,2-3,6-9H2,1H3. The lowest BCUT2D eigenvalue weighted by Crippen LogP contribution is -2.34. The zero-order valence-electron chi connectivity index (χ0n) is 11.8. The van der Waals surface area contributed by atoms with E-state index in [1.54, 1.807) is 18.5 Å². The summed E-state index contributed by atoms with van der Waals surface area (Å²) in [5.74, 6) is 5.40. The van der Waals surface area contributed by atoms with Crippen LogP contribution in [-0.2, 0) is 0 Å². The Bertz CT molecular complexity index is 527. The molecule has 1 saturated carbocycles. The van der Waals surface area contributed by atoms with E-state index in [-0.39, 0.29) is 12.5 Å². The minimum absolute atomic E-state index is 0.0427. The molecule has 1 aliphatic rings. The SMILES string of the molecule is CCCCN(C(=O)c1cncc(C#CCO)c1)C1CC1. The first kappa shape index (κ1) is 14.5. The molecule has 4 nitrogen and oxygen atoms in total. The first-order valence-electron chi connectivity index (χ1n) is 7.12. The molecule has 1 aromatic rings. The number of carbonyl (C=O) groups excluding carboxylic acids is 1. The normalized spacial score (nSPS) is 13.5. The molecule has 1 N–H and O–H groups in total. The highest BCUT2D eigenvalue weighted by Gasteiger charge is 2.32. The summed E-state index contributed by atoms with van der Waals surface area (Å²) in [5, 5.41) is 8.70. The predicted molar refractivity (Wildman–Crippen MR) is 77.2 cm³/mol. The van der Waals surface area contributed by atoms with Gasteiger partial charge < -0.3 is 10.0 Å². The number of carbonyl (C=O) groups is 1. The summed E-state index contributed by atoms with van der Waals surface area (Å²) >= 11 is 0. The number of aliphatic hydroxyl groups is 1. The number of pyridine rings is 1. The van der Waals surface area contributed by atoms with Gasteiger partial charge in [-0.25, -0.2) is 0 Å². The Hall–Kier alpha value is -1.86. The van der Waals surface area contributed by atoms with Crippen molar-refractivity contribution in [2.24, 2.45) is 0 Å². The third-order valence-electron chi connectivity index (χ3n) is 3.30. The number of aromatic nitrogens is 1. The first-order chi connectivity index (χ1) is 9.76.